The van der Waals surface area contributed by atoms with Crippen molar-refractivity contribution in [2.45, 2.75) is 20.8 Å². The molecule has 3 heteroatoms. The summed E-state index contributed by atoms with van der Waals surface area (Å²) >= 11 is 1.29. The summed E-state index contributed by atoms with van der Waals surface area (Å²) in [5.74, 6) is 0.802. The molecule has 1 aromatic carbocycles. The molecule has 0 atom stereocenters. The number of benzene rings is 1. The van der Waals surface area contributed by atoms with Gasteiger partial charge in [-0.25, -0.2) is 0 Å². The van der Waals surface area contributed by atoms with Gasteiger partial charge in [0.25, 0.3) is 5.24 Å². The van der Waals surface area contributed by atoms with Crippen molar-refractivity contribution in [1.82, 2.24) is 0 Å². The number of amides is 1. The Morgan fingerprint density at radius 2 is 2.07 bits per heavy atom. The van der Waals surface area contributed by atoms with E-state index in [1.165, 1.54) is 22.9 Å². The Labute approximate surface area is 89.1 Å². The molecule has 0 saturated carbocycles. The van der Waals surface area contributed by atoms with Crippen LogP contribution in [0.1, 0.15) is 18.1 Å². The molecule has 0 saturated heterocycles. The molecule has 0 radical (unpaired) electrons. The summed E-state index contributed by atoms with van der Waals surface area (Å²) in [6.07, 6.45) is 0. The van der Waals surface area contributed by atoms with E-state index in [-0.39, 0.29) is 5.24 Å². The van der Waals surface area contributed by atoms with Crippen LogP contribution >= 0.6 is 11.8 Å². The summed E-state index contributed by atoms with van der Waals surface area (Å²) in [6.45, 7) is 6.06. The Kier molecular flexibility index (Phi) is 4.01. The highest BCUT2D eigenvalue weighted by molar-refractivity contribution is 8.13. The zero-order chi connectivity index (χ0) is 10.6. The molecular weight excluding hydrogens is 194 g/mol. The Morgan fingerprint density at radius 3 is 2.64 bits per heavy atom. The van der Waals surface area contributed by atoms with Crippen LogP contribution < -0.4 is 5.32 Å². The number of thioether (sulfide) groups is 1. The monoisotopic (exact) mass is 209 g/mol. The number of carbonyl (C=O) groups is 1. The van der Waals surface area contributed by atoms with Crippen LogP contribution in [0.2, 0.25) is 0 Å². The molecule has 0 aliphatic rings. The van der Waals surface area contributed by atoms with Crippen LogP contribution in [0.4, 0.5) is 10.5 Å². The van der Waals surface area contributed by atoms with Crippen molar-refractivity contribution in [3.8, 4) is 0 Å². The number of aryl methyl sites for hydroxylation is 2. The molecule has 0 bridgehead atoms. The van der Waals surface area contributed by atoms with E-state index >= 15 is 0 Å². The number of hydrogen-bond donors (Lipinski definition) is 1. The van der Waals surface area contributed by atoms with E-state index in [1.807, 2.05) is 32.0 Å². The van der Waals surface area contributed by atoms with Crippen molar-refractivity contribution in [3.05, 3.63) is 29.3 Å². The fraction of sp³-hybridized carbons (Fsp3) is 0.364. The van der Waals surface area contributed by atoms with Crippen molar-refractivity contribution in [2.75, 3.05) is 11.1 Å². The van der Waals surface area contributed by atoms with Crippen molar-refractivity contribution in [3.63, 3.8) is 0 Å². The lowest BCUT2D eigenvalue weighted by atomic mass is 10.1. The van der Waals surface area contributed by atoms with Crippen molar-refractivity contribution in [1.29, 1.82) is 0 Å². The van der Waals surface area contributed by atoms with Crippen LogP contribution in [0, 0.1) is 13.8 Å². The molecule has 1 aromatic rings. The number of hydrogen-bond acceptors (Lipinski definition) is 2. The largest absolute Gasteiger partial charge is 0.317 e. The number of rotatable bonds is 2. The molecule has 0 heterocycles. The quantitative estimate of drug-likeness (QED) is 0.806. The lowest BCUT2D eigenvalue weighted by Gasteiger charge is -2.06. The summed E-state index contributed by atoms with van der Waals surface area (Å²) in [6, 6.07) is 5.93. The standard InChI is InChI=1S/C11H15NOS/c1-4-14-11(13)12-10-6-5-8(2)9(3)7-10/h5-7H,4H2,1-3H3,(H,12,13). The third kappa shape index (κ3) is 3.07. The minimum absolute atomic E-state index is 0.00996. The molecule has 1 amide bonds. The van der Waals surface area contributed by atoms with Gasteiger partial charge in [-0.3, -0.25) is 4.79 Å². The highest BCUT2D eigenvalue weighted by atomic mass is 32.2. The van der Waals surface area contributed by atoms with Gasteiger partial charge in [-0.05, 0) is 42.9 Å². The van der Waals surface area contributed by atoms with E-state index in [0.717, 1.165) is 11.4 Å². The maximum absolute atomic E-state index is 11.3. The SMILES string of the molecule is CCSC(=O)Nc1ccc(C)c(C)c1. The van der Waals surface area contributed by atoms with Crippen LogP contribution in [-0.4, -0.2) is 11.0 Å². The van der Waals surface area contributed by atoms with Crippen molar-refractivity contribution >= 4 is 22.7 Å². The number of anilines is 1. The van der Waals surface area contributed by atoms with Crippen LogP contribution in [0.3, 0.4) is 0 Å². The van der Waals surface area contributed by atoms with Crippen LogP contribution in [0.15, 0.2) is 18.2 Å². The van der Waals surface area contributed by atoms with Gasteiger partial charge in [0, 0.05) is 5.69 Å². The van der Waals surface area contributed by atoms with E-state index in [4.69, 9.17) is 0 Å². The minimum Gasteiger partial charge on any atom is -0.317 e. The first-order valence-electron chi connectivity index (χ1n) is 4.64. The summed E-state index contributed by atoms with van der Waals surface area (Å²) in [5, 5.41) is 2.84. The van der Waals surface area contributed by atoms with Gasteiger partial charge in [0.05, 0.1) is 0 Å². The third-order valence-corrected chi connectivity index (χ3v) is 2.68. The molecule has 0 aliphatic carbocycles. The molecule has 0 spiro atoms. The van der Waals surface area contributed by atoms with Crippen LogP contribution in [0.25, 0.3) is 0 Å². The fourth-order valence-corrected chi connectivity index (χ4v) is 1.56. The maximum atomic E-state index is 11.3. The second-order valence-corrected chi connectivity index (χ2v) is 4.38. The zero-order valence-corrected chi connectivity index (χ0v) is 9.57. The summed E-state index contributed by atoms with van der Waals surface area (Å²) in [7, 11) is 0. The Hall–Kier alpha value is -0.960. The lowest BCUT2D eigenvalue weighted by Crippen LogP contribution is -2.05. The maximum Gasteiger partial charge on any atom is 0.283 e. The second-order valence-electron chi connectivity index (χ2n) is 3.14. The first kappa shape index (κ1) is 11.1. The third-order valence-electron chi connectivity index (χ3n) is 2.03. The van der Waals surface area contributed by atoms with Crippen molar-refractivity contribution in [2.24, 2.45) is 0 Å². The van der Waals surface area contributed by atoms with Gasteiger partial charge in [0.15, 0.2) is 0 Å². The van der Waals surface area contributed by atoms with Gasteiger partial charge in [-0.15, -0.1) is 0 Å². The molecular formula is C11H15NOS. The fourth-order valence-electron chi connectivity index (χ4n) is 1.10. The molecule has 0 aromatic heterocycles. The molecule has 1 rings (SSSR count). The summed E-state index contributed by atoms with van der Waals surface area (Å²) in [4.78, 5) is 11.3. The lowest BCUT2D eigenvalue weighted by molar-refractivity contribution is 0.270. The molecule has 0 fully saturated rings. The molecule has 0 unspecified atom stereocenters. The van der Waals surface area contributed by atoms with Gasteiger partial charge >= 0.3 is 0 Å². The first-order valence-corrected chi connectivity index (χ1v) is 5.63. The summed E-state index contributed by atoms with van der Waals surface area (Å²) in [5.41, 5.74) is 3.31. The number of carbonyl (C=O) groups excluding carboxylic acids is 1. The van der Waals surface area contributed by atoms with Gasteiger partial charge in [-0.1, -0.05) is 24.8 Å². The second kappa shape index (κ2) is 5.05. The molecule has 76 valence electrons. The Balaban J connectivity index is 2.68. The molecule has 1 N–H and O–H groups in total. The molecule has 0 aliphatic heterocycles. The van der Waals surface area contributed by atoms with Crippen LogP contribution in [-0.2, 0) is 0 Å². The number of nitrogens with one attached hydrogen (secondary N) is 1. The summed E-state index contributed by atoms with van der Waals surface area (Å²) < 4.78 is 0. The van der Waals surface area contributed by atoms with Crippen molar-refractivity contribution < 1.29 is 4.79 Å². The van der Waals surface area contributed by atoms with Crippen LogP contribution in [0.5, 0.6) is 0 Å². The highest BCUT2D eigenvalue weighted by Crippen LogP contribution is 2.16. The molecule has 14 heavy (non-hydrogen) atoms. The van der Waals surface area contributed by atoms with E-state index < -0.39 is 0 Å². The van der Waals surface area contributed by atoms with E-state index in [2.05, 4.69) is 12.2 Å². The Bertz CT molecular complexity index is 336. The topological polar surface area (TPSA) is 29.1 Å². The normalized spacial score (nSPS) is 9.93. The van der Waals surface area contributed by atoms with Gasteiger partial charge in [0.2, 0.25) is 0 Å². The Morgan fingerprint density at radius 1 is 1.36 bits per heavy atom. The van der Waals surface area contributed by atoms with Gasteiger partial charge in [-0.2, -0.15) is 0 Å². The predicted molar refractivity (Wildman–Crippen MR) is 63.1 cm³/mol. The average molecular weight is 209 g/mol. The van der Waals surface area contributed by atoms with E-state index in [0.29, 0.717) is 0 Å². The predicted octanol–water partition coefficient (Wildman–Crippen LogP) is 3.59. The van der Waals surface area contributed by atoms with E-state index in [1.54, 1.807) is 0 Å². The molecule has 2 nitrogen and oxygen atoms in total. The van der Waals surface area contributed by atoms with E-state index in [9.17, 15) is 4.79 Å². The zero-order valence-electron chi connectivity index (χ0n) is 8.76. The average Bonchev–Trinajstić information content (AvgIpc) is 2.12. The van der Waals surface area contributed by atoms with Gasteiger partial charge < -0.3 is 5.32 Å². The smallest absolute Gasteiger partial charge is 0.283 e. The highest BCUT2D eigenvalue weighted by Gasteiger charge is 2.01. The first-order chi connectivity index (χ1) is 6.63. The van der Waals surface area contributed by atoms with Gasteiger partial charge in [0.1, 0.15) is 0 Å². The minimum atomic E-state index is 0.00996.